The molecule has 1 unspecified atom stereocenters. The van der Waals surface area contributed by atoms with Gasteiger partial charge in [-0.05, 0) is 53.0 Å². The molecular weight excluding hydrogens is 483 g/mol. The summed E-state index contributed by atoms with van der Waals surface area (Å²) in [4.78, 5) is 31.4. The number of fused-ring (bicyclic) bond motifs is 1. The molecule has 1 atom stereocenters. The summed E-state index contributed by atoms with van der Waals surface area (Å²) in [5.41, 5.74) is 11.4. The van der Waals surface area contributed by atoms with Crippen LogP contribution in [-0.4, -0.2) is 44.2 Å². The molecule has 3 aromatic rings. The number of aromatic nitrogens is 3. The molecule has 0 aliphatic carbocycles. The van der Waals surface area contributed by atoms with E-state index < -0.39 is 18.2 Å². The Morgan fingerprint density at radius 3 is 2.52 bits per heavy atom. The number of alkyl halides is 3. The second kappa shape index (κ2) is 9.96. The van der Waals surface area contributed by atoms with E-state index in [2.05, 4.69) is 56.1 Å². The molecule has 6 N–H and O–H groups in total. The molecule has 8 nitrogen and oxygen atoms in total. The number of halogens is 4. The van der Waals surface area contributed by atoms with E-state index in [1.165, 1.54) is 16.6 Å². The molecule has 1 aromatic carbocycles. The smallest absolute Gasteiger partial charge is 0.475 e. The number of nitrogens with two attached hydrogens (primary N) is 1. The monoisotopic (exact) mass is 503 g/mol. The predicted octanol–water partition coefficient (Wildman–Crippen LogP) is 3.09. The van der Waals surface area contributed by atoms with Crippen molar-refractivity contribution < 1.29 is 27.9 Å². The zero-order chi connectivity index (χ0) is 23.3. The maximum atomic E-state index is 12.2. The van der Waals surface area contributed by atoms with Crippen LogP contribution in [-0.2, 0) is 22.6 Å². The minimum Gasteiger partial charge on any atom is -0.475 e. The number of carbonyl (C=O) groups excluding carboxylic acids is 1. The van der Waals surface area contributed by atoms with E-state index in [1.54, 1.807) is 6.33 Å². The van der Waals surface area contributed by atoms with Gasteiger partial charge >= 0.3 is 12.1 Å². The third kappa shape index (κ3) is 6.56. The fourth-order valence-corrected chi connectivity index (χ4v) is 3.08. The first-order chi connectivity index (χ1) is 14.4. The number of amides is 1. The number of rotatable bonds is 5. The minimum absolute atomic E-state index is 0.182. The van der Waals surface area contributed by atoms with Crippen LogP contribution < -0.4 is 11.1 Å². The highest BCUT2D eigenvalue weighted by molar-refractivity contribution is 9.10. The number of carboxylic acid groups (broad SMARTS) is 1. The summed E-state index contributed by atoms with van der Waals surface area (Å²) in [6, 6.07) is 5.53. The number of hydrogen-bond donors (Lipinski definition) is 5. The summed E-state index contributed by atoms with van der Waals surface area (Å²) in [6.45, 7) is 4.61. The summed E-state index contributed by atoms with van der Waals surface area (Å²) < 4.78 is 32.4. The van der Waals surface area contributed by atoms with Crippen molar-refractivity contribution in [3.63, 3.8) is 0 Å². The topological polar surface area (TPSA) is 137 Å². The lowest BCUT2D eigenvalue weighted by atomic mass is 10.1. The van der Waals surface area contributed by atoms with Crippen molar-refractivity contribution >= 4 is 38.7 Å². The van der Waals surface area contributed by atoms with Crippen LogP contribution in [0.15, 0.2) is 29.1 Å². The van der Waals surface area contributed by atoms with Gasteiger partial charge < -0.3 is 26.1 Å². The predicted molar refractivity (Wildman–Crippen MR) is 111 cm³/mol. The van der Waals surface area contributed by atoms with Crippen LogP contribution >= 0.6 is 15.9 Å². The highest BCUT2D eigenvalue weighted by Gasteiger charge is 2.38. The van der Waals surface area contributed by atoms with Gasteiger partial charge in [-0.3, -0.25) is 4.79 Å². The summed E-state index contributed by atoms with van der Waals surface area (Å²) in [5, 5.41) is 11.2. The second-order valence-electron chi connectivity index (χ2n) is 6.76. The van der Waals surface area contributed by atoms with Gasteiger partial charge in [0.2, 0.25) is 5.91 Å². The highest BCUT2D eigenvalue weighted by Crippen LogP contribution is 2.22. The van der Waals surface area contributed by atoms with Crippen molar-refractivity contribution in [3.8, 4) is 0 Å². The van der Waals surface area contributed by atoms with Gasteiger partial charge in [0.25, 0.3) is 0 Å². The molecular formula is C19H21BrF3N5O3. The summed E-state index contributed by atoms with van der Waals surface area (Å²) in [6.07, 6.45) is -3.11. The number of hydrogen-bond acceptors (Lipinski definition) is 4. The number of H-pyrrole nitrogens is 2. The van der Waals surface area contributed by atoms with Crippen LogP contribution in [0.25, 0.3) is 10.9 Å². The second-order valence-corrected chi connectivity index (χ2v) is 7.51. The van der Waals surface area contributed by atoms with Crippen molar-refractivity contribution in [1.82, 2.24) is 20.3 Å². The van der Waals surface area contributed by atoms with E-state index >= 15 is 0 Å². The Balaban J connectivity index is 0.000000423. The van der Waals surface area contributed by atoms with Crippen molar-refractivity contribution in [2.75, 3.05) is 0 Å². The Morgan fingerprint density at radius 2 is 1.97 bits per heavy atom. The lowest BCUT2D eigenvalue weighted by Gasteiger charge is -2.12. The van der Waals surface area contributed by atoms with Crippen LogP contribution in [0.1, 0.15) is 22.5 Å². The standard InChI is InChI=1S/C17H20BrN5O.C2HF3O2/c1-9-10(2)23-14-4-3-11(5-12(9)14)7-20-17(24)13(19)6-15-16(18)22-8-21-15;3-2(4,5)1(6)7/h3-5,8,13,23H,6-7,19H2,1-2H3,(H,20,24)(H,21,22);(H,6,7). The number of aryl methyl sites for hydroxylation is 2. The van der Waals surface area contributed by atoms with Gasteiger partial charge in [0.05, 0.1) is 18.1 Å². The lowest BCUT2D eigenvalue weighted by molar-refractivity contribution is -0.192. The minimum atomic E-state index is -5.08. The van der Waals surface area contributed by atoms with Crippen molar-refractivity contribution in [1.29, 1.82) is 0 Å². The summed E-state index contributed by atoms with van der Waals surface area (Å²) >= 11 is 3.32. The molecule has 12 heteroatoms. The fraction of sp³-hybridized carbons (Fsp3) is 0.316. The zero-order valence-electron chi connectivity index (χ0n) is 16.6. The third-order valence-corrected chi connectivity index (χ3v) is 5.19. The third-order valence-electron chi connectivity index (χ3n) is 4.51. The molecule has 0 saturated heterocycles. The van der Waals surface area contributed by atoms with Crippen LogP contribution in [0, 0.1) is 13.8 Å². The molecule has 1 amide bonds. The van der Waals surface area contributed by atoms with Gasteiger partial charge in [-0.1, -0.05) is 6.07 Å². The molecule has 168 valence electrons. The number of benzene rings is 1. The zero-order valence-corrected chi connectivity index (χ0v) is 18.2. The average Bonchev–Trinajstić information content (AvgIpc) is 3.22. The molecule has 2 aromatic heterocycles. The van der Waals surface area contributed by atoms with E-state index in [0.717, 1.165) is 16.8 Å². The number of aliphatic carboxylic acids is 1. The van der Waals surface area contributed by atoms with E-state index in [0.29, 0.717) is 17.6 Å². The van der Waals surface area contributed by atoms with Gasteiger partial charge in [0.1, 0.15) is 4.60 Å². The van der Waals surface area contributed by atoms with Crippen LogP contribution in [0.3, 0.4) is 0 Å². The Kier molecular flexibility index (Phi) is 7.85. The summed E-state index contributed by atoms with van der Waals surface area (Å²) in [5.74, 6) is -2.94. The number of nitrogens with one attached hydrogen (secondary N) is 3. The Hall–Kier alpha value is -2.86. The molecule has 0 bridgehead atoms. The van der Waals surface area contributed by atoms with Crippen LogP contribution in [0.2, 0.25) is 0 Å². The molecule has 0 radical (unpaired) electrons. The van der Waals surface area contributed by atoms with Gasteiger partial charge in [-0.15, -0.1) is 0 Å². The number of carbonyl (C=O) groups is 2. The normalized spacial score (nSPS) is 12.2. The highest BCUT2D eigenvalue weighted by atomic mass is 79.9. The Bertz CT molecular complexity index is 1080. The molecule has 0 saturated carbocycles. The Morgan fingerprint density at radius 1 is 1.32 bits per heavy atom. The maximum Gasteiger partial charge on any atom is 0.490 e. The van der Waals surface area contributed by atoms with Crippen LogP contribution in [0.5, 0.6) is 0 Å². The number of aromatic amines is 2. The summed E-state index contributed by atoms with van der Waals surface area (Å²) in [7, 11) is 0. The fourth-order valence-electron chi connectivity index (χ4n) is 2.70. The van der Waals surface area contributed by atoms with Gasteiger partial charge in [0, 0.05) is 29.6 Å². The average molecular weight is 504 g/mol. The molecule has 0 spiro atoms. The number of nitrogens with zero attached hydrogens (tertiary/aromatic N) is 1. The molecule has 0 fully saturated rings. The van der Waals surface area contributed by atoms with Crippen molar-refractivity contribution in [2.45, 2.75) is 39.0 Å². The first-order valence-corrected chi connectivity index (χ1v) is 9.78. The Labute approximate surface area is 183 Å². The molecule has 0 aliphatic rings. The first kappa shape index (κ1) is 24.4. The first-order valence-electron chi connectivity index (χ1n) is 8.99. The van der Waals surface area contributed by atoms with Crippen molar-refractivity contribution in [3.05, 3.63) is 51.6 Å². The van der Waals surface area contributed by atoms with Gasteiger partial charge in [-0.25, -0.2) is 9.78 Å². The van der Waals surface area contributed by atoms with Crippen molar-refractivity contribution in [2.24, 2.45) is 5.73 Å². The lowest BCUT2D eigenvalue weighted by Crippen LogP contribution is -2.41. The van der Waals surface area contributed by atoms with E-state index in [4.69, 9.17) is 15.6 Å². The molecule has 2 heterocycles. The SMILES string of the molecule is Cc1[nH]c2ccc(CNC(=O)C(N)Cc3[nH]cnc3Br)cc2c1C.O=C(O)C(F)(F)F. The quantitative estimate of drug-likeness (QED) is 0.364. The molecule has 31 heavy (non-hydrogen) atoms. The molecule has 0 aliphatic heterocycles. The number of imidazole rings is 1. The van der Waals surface area contributed by atoms with E-state index in [9.17, 15) is 18.0 Å². The number of carboxylic acids is 1. The van der Waals surface area contributed by atoms with E-state index in [1.807, 2.05) is 12.1 Å². The maximum absolute atomic E-state index is 12.2. The van der Waals surface area contributed by atoms with Gasteiger partial charge in [-0.2, -0.15) is 13.2 Å². The van der Waals surface area contributed by atoms with Crippen LogP contribution in [0.4, 0.5) is 13.2 Å². The molecule has 3 rings (SSSR count). The van der Waals surface area contributed by atoms with E-state index in [-0.39, 0.29) is 5.91 Å². The largest absolute Gasteiger partial charge is 0.490 e. The van der Waals surface area contributed by atoms with Gasteiger partial charge in [0.15, 0.2) is 0 Å².